The van der Waals surface area contributed by atoms with Gasteiger partial charge in [-0.05, 0) is 32.1 Å². The minimum atomic E-state index is -0.518. The van der Waals surface area contributed by atoms with Gasteiger partial charge in [0.1, 0.15) is 5.82 Å². The van der Waals surface area contributed by atoms with Gasteiger partial charge in [0.05, 0.1) is 6.54 Å². The van der Waals surface area contributed by atoms with Crippen LogP contribution in [0.15, 0.2) is 30.3 Å². The number of nitrogens with zero attached hydrogens (tertiary/aromatic N) is 3. The summed E-state index contributed by atoms with van der Waals surface area (Å²) in [6.07, 6.45) is 4.60. The molecule has 2 aliphatic rings. The molecule has 1 saturated heterocycles. The van der Waals surface area contributed by atoms with Gasteiger partial charge in [0.25, 0.3) is 0 Å². The molecule has 2 aromatic rings. The number of fused-ring (bicyclic) bond motifs is 1. The number of amides is 2. The number of nitrogens with two attached hydrogens (primary N) is 1. The van der Waals surface area contributed by atoms with Gasteiger partial charge in [-0.1, -0.05) is 30.3 Å². The maximum absolute atomic E-state index is 12.2. The third-order valence-corrected chi connectivity index (χ3v) is 5.55. The fraction of sp³-hybridized carbons (Fsp3) is 0.429. The summed E-state index contributed by atoms with van der Waals surface area (Å²) in [5, 5.41) is 2.62. The number of carbonyl (C=O) groups excluding carboxylic acids is 2. The number of anilines is 1. The minimum absolute atomic E-state index is 0.0842. The largest absolute Gasteiger partial charge is 0.368 e. The second kappa shape index (κ2) is 7.96. The lowest BCUT2D eigenvalue weighted by Gasteiger charge is -2.33. The molecule has 2 amide bonds. The Morgan fingerprint density at radius 1 is 1.11 bits per heavy atom. The molecule has 1 aromatic heterocycles. The first-order chi connectivity index (χ1) is 13.6. The first-order valence-corrected chi connectivity index (χ1v) is 9.88. The molecule has 7 heteroatoms. The standard InChI is InChI=1S/C21H25N5O2/c22-18(27)13-23-21(28)15-9-11-26(12-10-15)20-16-7-4-8-17(16)24-19(25-20)14-5-2-1-3-6-14/h1-3,5-6,15H,4,7-13H2,(H2,22,27)(H,23,28). The number of nitrogens with one attached hydrogen (secondary N) is 1. The van der Waals surface area contributed by atoms with Crippen molar-refractivity contribution in [2.75, 3.05) is 24.5 Å². The molecule has 28 heavy (non-hydrogen) atoms. The van der Waals surface area contributed by atoms with Crippen molar-refractivity contribution in [3.63, 3.8) is 0 Å². The third kappa shape index (κ3) is 3.83. The average Bonchev–Trinajstić information content (AvgIpc) is 3.21. The second-order valence-corrected chi connectivity index (χ2v) is 7.46. The van der Waals surface area contributed by atoms with E-state index in [9.17, 15) is 9.59 Å². The summed E-state index contributed by atoms with van der Waals surface area (Å²) in [7, 11) is 0. The Balaban J connectivity index is 1.51. The first kappa shape index (κ1) is 18.4. The fourth-order valence-corrected chi connectivity index (χ4v) is 4.06. The molecule has 0 bridgehead atoms. The minimum Gasteiger partial charge on any atom is -0.368 e. The molecule has 3 N–H and O–H groups in total. The zero-order chi connectivity index (χ0) is 19.5. The summed E-state index contributed by atoms with van der Waals surface area (Å²) in [5.74, 6) is 1.11. The van der Waals surface area contributed by atoms with E-state index in [0.717, 1.165) is 68.1 Å². The SMILES string of the molecule is NC(=O)CNC(=O)C1CCN(c2nc(-c3ccccc3)nc3c2CCC3)CC1. The van der Waals surface area contributed by atoms with Crippen LogP contribution in [0.4, 0.5) is 5.82 Å². The van der Waals surface area contributed by atoms with E-state index in [1.807, 2.05) is 30.3 Å². The summed E-state index contributed by atoms with van der Waals surface area (Å²) in [5.41, 5.74) is 8.55. The summed E-state index contributed by atoms with van der Waals surface area (Å²) >= 11 is 0. The van der Waals surface area contributed by atoms with E-state index in [1.54, 1.807) is 0 Å². The molecule has 1 aliphatic heterocycles. The topological polar surface area (TPSA) is 101 Å². The van der Waals surface area contributed by atoms with Crippen molar-refractivity contribution in [3.05, 3.63) is 41.6 Å². The van der Waals surface area contributed by atoms with Gasteiger partial charge in [-0.25, -0.2) is 9.97 Å². The van der Waals surface area contributed by atoms with Crippen LogP contribution in [0.1, 0.15) is 30.5 Å². The van der Waals surface area contributed by atoms with Gasteiger partial charge >= 0.3 is 0 Å². The summed E-state index contributed by atoms with van der Waals surface area (Å²) in [6, 6.07) is 10.1. The number of carbonyl (C=O) groups is 2. The molecule has 4 rings (SSSR count). The van der Waals surface area contributed by atoms with Crippen molar-refractivity contribution in [3.8, 4) is 11.4 Å². The molecule has 1 fully saturated rings. The predicted molar refractivity (Wildman–Crippen MR) is 107 cm³/mol. The van der Waals surface area contributed by atoms with Crippen molar-refractivity contribution in [1.29, 1.82) is 0 Å². The van der Waals surface area contributed by atoms with Gasteiger partial charge in [-0.15, -0.1) is 0 Å². The number of benzene rings is 1. The van der Waals surface area contributed by atoms with Crippen LogP contribution in [0.5, 0.6) is 0 Å². The lowest BCUT2D eigenvalue weighted by Crippen LogP contribution is -2.43. The Bertz CT molecular complexity index is 876. The Morgan fingerprint density at radius 2 is 1.86 bits per heavy atom. The van der Waals surface area contributed by atoms with Crippen LogP contribution >= 0.6 is 0 Å². The normalized spacial score (nSPS) is 16.6. The van der Waals surface area contributed by atoms with E-state index in [4.69, 9.17) is 15.7 Å². The van der Waals surface area contributed by atoms with Gasteiger partial charge in [-0.3, -0.25) is 9.59 Å². The van der Waals surface area contributed by atoms with Crippen LogP contribution in [0.3, 0.4) is 0 Å². The Morgan fingerprint density at radius 3 is 2.57 bits per heavy atom. The van der Waals surface area contributed by atoms with Gasteiger partial charge in [0.2, 0.25) is 11.8 Å². The highest BCUT2D eigenvalue weighted by Gasteiger charge is 2.29. The maximum Gasteiger partial charge on any atom is 0.236 e. The predicted octanol–water partition coefficient (Wildman–Crippen LogP) is 1.45. The van der Waals surface area contributed by atoms with Crippen LogP contribution in [0.2, 0.25) is 0 Å². The number of primary amides is 1. The zero-order valence-corrected chi connectivity index (χ0v) is 15.9. The molecular weight excluding hydrogens is 354 g/mol. The van der Waals surface area contributed by atoms with E-state index in [-0.39, 0.29) is 18.4 Å². The fourth-order valence-electron chi connectivity index (χ4n) is 4.06. The number of aryl methyl sites for hydroxylation is 1. The van der Waals surface area contributed by atoms with Crippen molar-refractivity contribution >= 4 is 17.6 Å². The second-order valence-electron chi connectivity index (χ2n) is 7.46. The zero-order valence-electron chi connectivity index (χ0n) is 15.9. The van der Waals surface area contributed by atoms with Gasteiger partial charge in [0, 0.05) is 35.8 Å². The molecule has 0 spiro atoms. The highest BCUT2D eigenvalue weighted by Crippen LogP contribution is 2.33. The molecule has 1 aliphatic carbocycles. The number of hydrogen-bond donors (Lipinski definition) is 2. The number of aromatic nitrogens is 2. The van der Waals surface area contributed by atoms with E-state index in [0.29, 0.717) is 0 Å². The Kier molecular flexibility index (Phi) is 5.23. The molecule has 1 aromatic carbocycles. The number of rotatable bonds is 5. The van der Waals surface area contributed by atoms with E-state index >= 15 is 0 Å². The molecular formula is C21H25N5O2. The molecule has 146 valence electrons. The smallest absolute Gasteiger partial charge is 0.236 e. The van der Waals surface area contributed by atoms with Crippen molar-refractivity contribution in [2.24, 2.45) is 11.7 Å². The van der Waals surface area contributed by atoms with Crippen LogP contribution in [0.25, 0.3) is 11.4 Å². The van der Waals surface area contributed by atoms with E-state index in [1.165, 1.54) is 5.56 Å². The van der Waals surface area contributed by atoms with Crippen molar-refractivity contribution in [2.45, 2.75) is 32.1 Å². The number of hydrogen-bond acceptors (Lipinski definition) is 5. The van der Waals surface area contributed by atoms with Crippen LogP contribution in [-0.4, -0.2) is 41.4 Å². The highest BCUT2D eigenvalue weighted by atomic mass is 16.2. The van der Waals surface area contributed by atoms with E-state index < -0.39 is 5.91 Å². The lowest BCUT2D eigenvalue weighted by molar-refractivity contribution is -0.128. The van der Waals surface area contributed by atoms with Gasteiger partial charge in [0.15, 0.2) is 5.82 Å². The molecule has 0 saturated carbocycles. The number of piperidine rings is 1. The lowest BCUT2D eigenvalue weighted by atomic mass is 9.95. The third-order valence-electron chi connectivity index (χ3n) is 5.55. The van der Waals surface area contributed by atoms with Crippen molar-refractivity contribution in [1.82, 2.24) is 15.3 Å². The average molecular weight is 379 g/mol. The summed E-state index contributed by atoms with van der Waals surface area (Å²) in [6.45, 7) is 1.44. The quantitative estimate of drug-likeness (QED) is 0.819. The molecule has 0 atom stereocenters. The highest BCUT2D eigenvalue weighted by molar-refractivity contribution is 5.85. The molecule has 2 heterocycles. The van der Waals surface area contributed by atoms with Crippen LogP contribution < -0.4 is 16.0 Å². The Labute approximate surface area is 164 Å². The van der Waals surface area contributed by atoms with Crippen molar-refractivity contribution < 1.29 is 9.59 Å². The molecule has 0 radical (unpaired) electrons. The Hall–Kier alpha value is -2.96. The summed E-state index contributed by atoms with van der Waals surface area (Å²) < 4.78 is 0. The summed E-state index contributed by atoms with van der Waals surface area (Å²) in [4.78, 5) is 35.1. The first-order valence-electron chi connectivity index (χ1n) is 9.88. The monoisotopic (exact) mass is 379 g/mol. The molecule has 0 unspecified atom stereocenters. The van der Waals surface area contributed by atoms with E-state index in [2.05, 4.69) is 10.2 Å². The molecule has 7 nitrogen and oxygen atoms in total. The van der Waals surface area contributed by atoms with Gasteiger partial charge < -0.3 is 16.0 Å². The maximum atomic E-state index is 12.2. The van der Waals surface area contributed by atoms with Gasteiger partial charge in [-0.2, -0.15) is 0 Å². The van der Waals surface area contributed by atoms with Crippen LogP contribution in [0, 0.1) is 5.92 Å². The van der Waals surface area contributed by atoms with Crippen LogP contribution in [-0.2, 0) is 22.4 Å².